The first-order valence-corrected chi connectivity index (χ1v) is 6.92. The summed E-state index contributed by atoms with van der Waals surface area (Å²) in [5.41, 5.74) is 4.16. The average Bonchev–Trinajstić information content (AvgIpc) is 2.94. The van der Waals surface area contributed by atoms with Crippen LogP contribution in [0, 0.1) is 0 Å². The highest BCUT2D eigenvalue weighted by molar-refractivity contribution is 6.03. The molecule has 0 unspecified atom stereocenters. The minimum atomic E-state index is -0.0282. The molecular formula is C16H12N4O2. The van der Waals surface area contributed by atoms with Crippen molar-refractivity contribution in [3.63, 3.8) is 0 Å². The lowest BCUT2D eigenvalue weighted by Gasteiger charge is -2.22. The third kappa shape index (κ3) is 2.14. The summed E-state index contributed by atoms with van der Waals surface area (Å²) < 4.78 is 4.71. The highest BCUT2D eigenvalue weighted by atomic mass is 16.6. The number of hydrogen-bond donors (Lipinski definition) is 0. The van der Waals surface area contributed by atoms with Crippen molar-refractivity contribution in [2.45, 2.75) is 6.54 Å². The first-order valence-electron chi connectivity index (χ1n) is 6.92. The van der Waals surface area contributed by atoms with Crippen LogP contribution in [0.4, 0.5) is 5.69 Å². The van der Waals surface area contributed by atoms with Gasteiger partial charge in [0.2, 0.25) is 5.91 Å². The highest BCUT2D eigenvalue weighted by Gasteiger charge is 2.20. The molecule has 2 heterocycles. The Bertz CT molecular complexity index is 884. The van der Waals surface area contributed by atoms with Crippen LogP contribution in [0.25, 0.3) is 11.0 Å². The number of carbonyl (C=O) groups excluding carboxylic acids is 1. The number of fused-ring (bicyclic) bond motifs is 2. The Balaban J connectivity index is 1.73. The number of hydrogen-bond acceptors (Lipinski definition) is 5. The second-order valence-corrected chi connectivity index (χ2v) is 5.10. The van der Waals surface area contributed by atoms with Gasteiger partial charge in [-0.1, -0.05) is 24.3 Å². The summed E-state index contributed by atoms with van der Waals surface area (Å²) >= 11 is 0. The van der Waals surface area contributed by atoms with Crippen LogP contribution in [0.3, 0.4) is 0 Å². The third-order valence-electron chi connectivity index (χ3n) is 3.64. The third-order valence-corrected chi connectivity index (χ3v) is 3.64. The zero-order valence-electron chi connectivity index (χ0n) is 11.6. The van der Waals surface area contributed by atoms with Crippen LogP contribution in [-0.4, -0.2) is 29.0 Å². The van der Waals surface area contributed by atoms with Crippen molar-refractivity contribution in [3.8, 4) is 0 Å². The molecule has 0 saturated carbocycles. The Morgan fingerprint density at radius 1 is 1.09 bits per heavy atom. The first kappa shape index (κ1) is 12.7. The number of aromatic nitrogens is 2. The molecule has 22 heavy (non-hydrogen) atoms. The van der Waals surface area contributed by atoms with E-state index in [2.05, 4.69) is 15.3 Å². The number of amides is 1. The van der Waals surface area contributed by atoms with Crippen molar-refractivity contribution in [1.82, 2.24) is 10.3 Å². The van der Waals surface area contributed by atoms with Crippen molar-refractivity contribution in [1.29, 1.82) is 0 Å². The van der Waals surface area contributed by atoms with Gasteiger partial charge in [0.25, 0.3) is 0 Å². The summed E-state index contributed by atoms with van der Waals surface area (Å²) in [6, 6.07) is 13.4. The van der Waals surface area contributed by atoms with E-state index in [1.165, 1.54) is 0 Å². The maximum atomic E-state index is 12.4. The fraction of sp³-hybridized carbons (Fsp3) is 0.125. The Hall–Kier alpha value is -3.02. The smallest absolute Gasteiger partial charge is 0.248 e. The quantitative estimate of drug-likeness (QED) is 0.726. The second kappa shape index (κ2) is 5.07. The number of anilines is 1. The molecule has 1 amide bonds. The SMILES string of the molecule is O=C1CN=Cc2ccccc2N1Cc1ccc2nonc2c1. The molecule has 0 bridgehead atoms. The van der Waals surface area contributed by atoms with E-state index in [0.717, 1.165) is 16.8 Å². The van der Waals surface area contributed by atoms with Gasteiger partial charge < -0.3 is 4.90 Å². The summed E-state index contributed by atoms with van der Waals surface area (Å²) in [5, 5.41) is 7.63. The van der Waals surface area contributed by atoms with E-state index in [4.69, 9.17) is 4.63 Å². The van der Waals surface area contributed by atoms with Crippen molar-refractivity contribution in [2.24, 2.45) is 4.99 Å². The fourth-order valence-electron chi connectivity index (χ4n) is 2.57. The molecule has 0 spiro atoms. The monoisotopic (exact) mass is 292 g/mol. The van der Waals surface area contributed by atoms with Gasteiger partial charge in [-0.2, -0.15) is 0 Å². The number of benzodiazepines with no additional fused rings is 1. The normalized spacial score (nSPS) is 14.2. The van der Waals surface area contributed by atoms with Crippen LogP contribution in [-0.2, 0) is 11.3 Å². The maximum absolute atomic E-state index is 12.4. The topological polar surface area (TPSA) is 71.6 Å². The molecule has 1 aliphatic rings. The molecule has 0 fully saturated rings. The lowest BCUT2D eigenvalue weighted by molar-refractivity contribution is -0.117. The number of carbonyl (C=O) groups is 1. The molecule has 4 rings (SSSR count). The molecule has 0 atom stereocenters. The van der Waals surface area contributed by atoms with E-state index >= 15 is 0 Å². The number of benzene rings is 2. The van der Waals surface area contributed by atoms with Gasteiger partial charge >= 0.3 is 0 Å². The van der Waals surface area contributed by atoms with Crippen LogP contribution in [0.2, 0.25) is 0 Å². The summed E-state index contributed by atoms with van der Waals surface area (Å²) in [5.74, 6) is -0.0282. The van der Waals surface area contributed by atoms with Crippen molar-refractivity contribution in [3.05, 3.63) is 53.6 Å². The molecule has 0 N–H and O–H groups in total. The van der Waals surface area contributed by atoms with E-state index in [1.807, 2.05) is 42.5 Å². The van der Waals surface area contributed by atoms with Crippen molar-refractivity contribution >= 4 is 28.8 Å². The van der Waals surface area contributed by atoms with Gasteiger partial charge in [0.15, 0.2) is 0 Å². The zero-order chi connectivity index (χ0) is 14.9. The van der Waals surface area contributed by atoms with E-state index in [0.29, 0.717) is 17.6 Å². The molecular weight excluding hydrogens is 280 g/mol. The largest absolute Gasteiger partial charge is 0.306 e. The number of nitrogens with zero attached hydrogens (tertiary/aromatic N) is 4. The first-order chi connectivity index (χ1) is 10.8. The predicted molar refractivity (Wildman–Crippen MR) is 81.9 cm³/mol. The van der Waals surface area contributed by atoms with Crippen LogP contribution in [0.5, 0.6) is 0 Å². The van der Waals surface area contributed by atoms with Crippen LogP contribution in [0.15, 0.2) is 52.1 Å². The highest BCUT2D eigenvalue weighted by Crippen LogP contribution is 2.24. The Morgan fingerprint density at radius 2 is 1.95 bits per heavy atom. The second-order valence-electron chi connectivity index (χ2n) is 5.10. The van der Waals surface area contributed by atoms with Gasteiger partial charge in [-0.3, -0.25) is 9.79 Å². The van der Waals surface area contributed by atoms with Crippen LogP contribution >= 0.6 is 0 Å². The molecule has 0 aliphatic carbocycles. The molecule has 2 aromatic carbocycles. The molecule has 1 aliphatic heterocycles. The molecule has 6 heteroatoms. The molecule has 1 aromatic heterocycles. The fourth-order valence-corrected chi connectivity index (χ4v) is 2.57. The Morgan fingerprint density at radius 3 is 2.91 bits per heavy atom. The minimum Gasteiger partial charge on any atom is -0.306 e. The molecule has 6 nitrogen and oxygen atoms in total. The molecule has 0 saturated heterocycles. The molecule has 0 radical (unpaired) electrons. The standard InChI is InChI=1S/C16H12N4O2/c21-16-9-17-8-12-3-1-2-4-15(12)20(16)10-11-5-6-13-14(7-11)19-22-18-13/h1-8H,9-10H2. The number of para-hydroxylation sites is 1. The summed E-state index contributed by atoms with van der Waals surface area (Å²) in [6.07, 6.45) is 1.75. The van der Waals surface area contributed by atoms with Gasteiger partial charge in [0.05, 0.1) is 12.2 Å². The van der Waals surface area contributed by atoms with Crippen LogP contribution in [0.1, 0.15) is 11.1 Å². The lowest BCUT2D eigenvalue weighted by Crippen LogP contribution is -2.31. The zero-order valence-corrected chi connectivity index (χ0v) is 11.6. The van der Waals surface area contributed by atoms with Crippen LogP contribution < -0.4 is 4.90 Å². The summed E-state index contributed by atoms with van der Waals surface area (Å²) in [6.45, 7) is 0.616. The van der Waals surface area contributed by atoms with Crippen molar-refractivity contribution < 1.29 is 9.42 Å². The average molecular weight is 292 g/mol. The van der Waals surface area contributed by atoms with Gasteiger partial charge in [-0.15, -0.1) is 0 Å². The van der Waals surface area contributed by atoms with Gasteiger partial charge in [0, 0.05) is 11.8 Å². The number of aliphatic imine (C=N–C) groups is 1. The van der Waals surface area contributed by atoms with Gasteiger partial charge in [-0.25, -0.2) is 4.63 Å². The Labute approximate surface area is 126 Å². The molecule has 108 valence electrons. The van der Waals surface area contributed by atoms with E-state index in [-0.39, 0.29) is 12.5 Å². The van der Waals surface area contributed by atoms with Gasteiger partial charge in [-0.05, 0) is 34.1 Å². The summed E-state index contributed by atoms with van der Waals surface area (Å²) in [7, 11) is 0. The van der Waals surface area contributed by atoms with E-state index in [1.54, 1.807) is 11.1 Å². The summed E-state index contributed by atoms with van der Waals surface area (Å²) in [4.78, 5) is 18.3. The lowest BCUT2D eigenvalue weighted by atomic mass is 10.1. The van der Waals surface area contributed by atoms with E-state index < -0.39 is 0 Å². The maximum Gasteiger partial charge on any atom is 0.248 e. The number of rotatable bonds is 2. The molecule has 3 aromatic rings. The minimum absolute atomic E-state index is 0.0282. The van der Waals surface area contributed by atoms with Crippen molar-refractivity contribution in [2.75, 3.05) is 11.4 Å². The Kier molecular flexibility index (Phi) is 2.93. The van der Waals surface area contributed by atoms with E-state index in [9.17, 15) is 4.79 Å². The predicted octanol–water partition coefficient (Wildman–Crippen LogP) is 2.19. The van der Waals surface area contributed by atoms with Gasteiger partial charge in [0.1, 0.15) is 17.6 Å².